The zero-order valence-electron chi connectivity index (χ0n) is 69.1. The highest BCUT2D eigenvalue weighted by molar-refractivity contribution is 7.47. The van der Waals surface area contributed by atoms with Crippen molar-refractivity contribution in [3.63, 3.8) is 0 Å². The van der Waals surface area contributed by atoms with Gasteiger partial charge in [0.1, 0.15) is 25.4 Å². The third kappa shape index (κ3) is 85.1. The first-order chi connectivity index (χ1) is 54.2. The lowest BCUT2D eigenvalue weighted by Crippen LogP contribution is -2.30. The van der Waals surface area contributed by atoms with E-state index in [1.807, 2.05) is 0 Å². The lowest BCUT2D eigenvalue weighted by atomic mass is 10.1. The van der Waals surface area contributed by atoms with Gasteiger partial charge in [-0.1, -0.05) is 324 Å². The standard InChI is InChI=1S/C93H152O16P2/c1-4-7-10-13-16-19-22-25-28-31-34-37-39-41-43-45-47-50-52-55-58-61-64-67-70-73-76-79-91(96)103-82-88(94)83-105-110(99,100)106-84-89(95)85-107-111(101,102)108-87-90(109-93(98)81-78-75-72-69-66-63-60-57-54-49-36-33-30-27-24-21-18-15-12-9-6-3)86-104-92(97)80-77-74-71-68-65-62-59-56-53-51-48-46-44-42-40-38-35-32-29-26-23-20-17-14-11-8-5-2/h7-8,10-11,16-21,25-30,34-38,41-44,47-51,57,60,88-90,94-95H,4-6,9,12-15,22-24,31-33,39-40,45-46,52-56,58-59,61-87H2,1-3H3,(H,99,100)(H,101,102)/b10-7-,11-8-,19-16-,20-17-,21-18-,28-25-,29-26-,30-27-,37-34-,38-35-,43-41-,44-42-,49-36-,50-47-,51-48-,60-57-. The molecular weight excluding hydrogens is 1430 g/mol. The van der Waals surface area contributed by atoms with Crippen LogP contribution < -0.4 is 0 Å². The Labute approximate surface area is 674 Å². The van der Waals surface area contributed by atoms with Crippen LogP contribution in [0, 0.1) is 0 Å². The third-order valence-electron chi connectivity index (χ3n) is 17.3. The lowest BCUT2D eigenvalue weighted by Gasteiger charge is -2.21. The van der Waals surface area contributed by atoms with E-state index in [0.717, 1.165) is 212 Å². The number of ether oxygens (including phenoxy) is 3. The lowest BCUT2D eigenvalue weighted by molar-refractivity contribution is -0.161. The summed E-state index contributed by atoms with van der Waals surface area (Å²) < 4.78 is 61.3. The summed E-state index contributed by atoms with van der Waals surface area (Å²) >= 11 is 0. The molecule has 16 nitrogen and oxygen atoms in total. The first-order valence-corrected chi connectivity index (χ1v) is 45.7. The van der Waals surface area contributed by atoms with Gasteiger partial charge in [0, 0.05) is 19.3 Å². The largest absolute Gasteiger partial charge is 0.472 e. The Balaban J connectivity index is 4.72. The highest BCUT2D eigenvalue weighted by Gasteiger charge is 2.29. The summed E-state index contributed by atoms with van der Waals surface area (Å²) in [5.74, 6) is -1.62. The number of aliphatic hydroxyl groups is 2. The molecule has 0 fully saturated rings. The second-order valence-electron chi connectivity index (χ2n) is 27.9. The summed E-state index contributed by atoms with van der Waals surface area (Å²) in [6.45, 7) is 2.38. The van der Waals surface area contributed by atoms with Crippen molar-refractivity contribution in [2.75, 3.05) is 39.6 Å². The molecule has 0 radical (unpaired) electrons. The van der Waals surface area contributed by atoms with Crippen LogP contribution in [0.5, 0.6) is 0 Å². The number of esters is 3. The van der Waals surface area contributed by atoms with E-state index in [1.54, 1.807) is 0 Å². The molecule has 111 heavy (non-hydrogen) atoms. The molecule has 0 amide bonds. The average molecular weight is 1590 g/mol. The molecule has 18 heteroatoms. The van der Waals surface area contributed by atoms with Crippen molar-refractivity contribution < 1.29 is 75.8 Å². The van der Waals surface area contributed by atoms with Crippen molar-refractivity contribution in [1.29, 1.82) is 0 Å². The zero-order chi connectivity index (χ0) is 80.8. The number of hydrogen-bond donors (Lipinski definition) is 4. The maximum absolute atomic E-state index is 13.0. The first-order valence-electron chi connectivity index (χ1n) is 42.7. The van der Waals surface area contributed by atoms with E-state index < -0.39 is 91.5 Å². The monoisotopic (exact) mass is 1590 g/mol. The van der Waals surface area contributed by atoms with Gasteiger partial charge in [-0.3, -0.25) is 32.5 Å². The van der Waals surface area contributed by atoms with Crippen LogP contribution in [-0.2, 0) is 55.8 Å². The fraction of sp³-hybridized carbons (Fsp3) is 0.624. The van der Waals surface area contributed by atoms with Crippen LogP contribution >= 0.6 is 15.6 Å². The van der Waals surface area contributed by atoms with Crippen LogP contribution in [0.4, 0.5) is 0 Å². The second-order valence-corrected chi connectivity index (χ2v) is 30.8. The topological polar surface area (TPSA) is 231 Å². The Bertz CT molecular complexity index is 2800. The minimum absolute atomic E-state index is 0.0742. The predicted molar refractivity (Wildman–Crippen MR) is 463 cm³/mol. The molecule has 630 valence electrons. The Kier molecular flexibility index (Phi) is 79.6. The fourth-order valence-corrected chi connectivity index (χ4v) is 12.4. The number of phosphoric acid groups is 2. The molecule has 0 aliphatic carbocycles. The highest BCUT2D eigenvalue weighted by Crippen LogP contribution is 2.45. The molecule has 4 N–H and O–H groups in total. The van der Waals surface area contributed by atoms with E-state index >= 15 is 0 Å². The summed E-state index contributed by atoms with van der Waals surface area (Å²) in [7, 11) is -9.83. The molecule has 0 aromatic rings. The summed E-state index contributed by atoms with van der Waals surface area (Å²) in [6, 6.07) is 0. The maximum atomic E-state index is 13.0. The number of hydrogen-bond acceptors (Lipinski definition) is 14. The molecule has 0 aliphatic heterocycles. The number of rotatable bonds is 79. The van der Waals surface area contributed by atoms with Crippen molar-refractivity contribution in [1.82, 2.24) is 0 Å². The number of carbonyl (C=O) groups excluding carboxylic acids is 3. The van der Waals surface area contributed by atoms with Gasteiger partial charge in [-0.2, -0.15) is 0 Å². The number of allylic oxidation sites excluding steroid dienone is 32. The van der Waals surface area contributed by atoms with E-state index in [-0.39, 0.29) is 19.3 Å². The molecule has 0 bridgehead atoms. The molecule has 0 heterocycles. The van der Waals surface area contributed by atoms with Crippen LogP contribution in [0.3, 0.4) is 0 Å². The number of phosphoric ester groups is 2. The summed E-state index contributed by atoms with van der Waals surface area (Å²) in [4.78, 5) is 58.9. The van der Waals surface area contributed by atoms with Crippen LogP contribution in [0.25, 0.3) is 0 Å². The SMILES string of the molecule is CC/C=C\C/C=C\C/C=C\C/C=C\C/C=C\C/C=C\CCCCCCCCCCC(=O)OCC(O)COP(=O)(O)OCC(O)COP(=O)(O)OCC(COC(=O)CCCCCCCCCC/C=C\C/C=C\C/C=C\C/C=C\C/C=C\C/C=C\CC)OC(=O)CCCCCCC/C=C\C/C=C\C/C=C\C/C=C\CCCCC. The van der Waals surface area contributed by atoms with Gasteiger partial charge >= 0.3 is 33.6 Å². The number of aliphatic hydroxyl groups excluding tert-OH is 2. The zero-order valence-corrected chi connectivity index (χ0v) is 70.8. The average Bonchev–Trinajstić information content (AvgIpc) is 0.889. The maximum Gasteiger partial charge on any atom is 0.472 e. The molecule has 0 saturated heterocycles. The van der Waals surface area contributed by atoms with Gasteiger partial charge < -0.3 is 34.2 Å². The molecule has 0 aromatic heterocycles. The number of carbonyl (C=O) groups is 3. The Morgan fingerprint density at radius 1 is 0.261 bits per heavy atom. The third-order valence-corrected chi connectivity index (χ3v) is 19.2. The Morgan fingerprint density at radius 3 is 0.757 bits per heavy atom. The van der Waals surface area contributed by atoms with E-state index in [9.17, 15) is 43.5 Å². The molecule has 0 saturated carbocycles. The molecule has 0 spiro atoms. The van der Waals surface area contributed by atoms with Crippen molar-refractivity contribution >= 4 is 33.6 Å². The molecule has 0 aliphatic rings. The molecule has 0 aromatic carbocycles. The van der Waals surface area contributed by atoms with Crippen LogP contribution in [-0.4, -0.2) is 95.9 Å². The highest BCUT2D eigenvalue weighted by atomic mass is 31.2. The molecular formula is C93H152O16P2. The van der Waals surface area contributed by atoms with Crippen molar-refractivity contribution in [2.24, 2.45) is 0 Å². The van der Waals surface area contributed by atoms with Crippen molar-refractivity contribution in [3.05, 3.63) is 194 Å². The molecule has 5 atom stereocenters. The smallest absolute Gasteiger partial charge is 0.463 e. The summed E-state index contributed by atoms with van der Waals surface area (Å²) in [5, 5.41) is 20.7. The van der Waals surface area contributed by atoms with Gasteiger partial charge in [0.2, 0.25) is 0 Å². The van der Waals surface area contributed by atoms with E-state index in [0.29, 0.717) is 19.3 Å². The van der Waals surface area contributed by atoms with E-state index in [4.69, 9.17) is 32.3 Å². The summed E-state index contributed by atoms with van der Waals surface area (Å²) in [5.41, 5.74) is 0. The van der Waals surface area contributed by atoms with Crippen molar-refractivity contribution in [3.8, 4) is 0 Å². The predicted octanol–water partition coefficient (Wildman–Crippen LogP) is 25.9. The van der Waals surface area contributed by atoms with Crippen LogP contribution in [0.2, 0.25) is 0 Å². The first kappa shape index (κ1) is 105. The number of unbranched alkanes of at least 4 members (excludes halogenated alkanes) is 24. The second kappa shape index (κ2) is 83.8. The van der Waals surface area contributed by atoms with Gasteiger partial charge in [-0.05, 0) is 167 Å². The van der Waals surface area contributed by atoms with Gasteiger partial charge in [0.15, 0.2) is 6.10 Å². The molecule has 0 rings (SSSR count). The van der Waals surface area contributed by atoms with Crippen molar-refractivity contribution in [2.45, 2.75) is 334 Å². The van der Waals surface area contributed by atoms with Gasteiger partial charge in [-0.25, -0.2) is 9.13 Å². The Hall–Kier alpha value is -5.61. The molecule has 5 unspecified atom stereocenters. The normalized spacial score (nSPS) is 14.8. The summed E-state index contributed by atoms with van der Waals surface area (Å²) in [6.07, 6.45) is 110. The van der Waals surface area contributed by atoms with E-state index in [1.165, 1.54) is 44.9 Å². The van der Waals surface area contributed by atoms with Gasteiger partial charge in [0.25, 0.3) is 0 Å². The Morgan fingerprint density at radius 2 is 0.477 bits per heavy atom. The fourth-order valence-electron chi connectivity index (χ4n) is 10.9. The van der Waals surface area contributed by atoms with Gasteiger partial charge in [0.05, 0.1) is 26.4 Å². The minimum atomic E-state index is -4.95. The minimum Gasteiger partial charge on any atom is -0.463 e. The van der Waals surface area contributed by atoms with E-state index in [2.05, 4.69) is 215 Å². The van der Waals surface area contributed by atoms with Crippen LogP contribution in [0.1, 0.15) is 316 Å². The van der Waals surface area contributed by atoms with Crippen LogP contribution in [0.15, 0.2) is 194 Å². The van der Waals surface area contributed by atoms with Gasteiger partial charge in [-0.15, -0.1) is 0 Å². The quantitative estimate of drug-likeness (QED) is 0.0146.